The van der Waals surface area contributed by atoms with E-state index in [0.29, 0.717) is 12.8 Å². The number of benzene rings is 2. The highest BCUT2D eigenvalue weighted by Gasteiger charge is 2.31. The molecule has 1 saturated heterocycles. The zero-order chi connectivity index (χ0) is 19.2. The number of rotatable bonds is 6. The molecule has 1 fully saturated rings. The van der Waals surface area contributed by atoms with Gasteiger partial charge in [0.1, 0.15) is 5.75 Å². The van der Waals surface area contributed by atoms with Gasteiger partial charge in [0.25, 0.3) is 0 Å². The maximum Gasteiger partial charge on any atom is 0.233 e. The minimum Gasteiger partial charge on any atom is -0.497 e. The van der Waals surface area contributed by atoms with Crippen molar-refractivity contribution >= 4 is 23.6 Å². The van der Waals surface area contributed by atoms with Crippen LogP contribution in [0.2, 0.25) is 0 Å². The van der Waals surface area contributed by atoms with Crippen LogP contribution in [0.5, 0.6) is 5.75 Å². The quantitative estimate of drug-likeness (QED) is 0.750. The van der Waals surface area contributed by atoms with Crippen molar-refractivity contribution in [3.05, 3.63) is 60.2 Å². The Morgan fingerprint density at radius 1 is 1.19 bits per heavy atom. The number of carbonyl (C=O) groups is 2. The normalized spacial score (nSPS) is 20.4. The number of ether oxygens (including phenoxy) is 1. The Morgan fingerprint density at radius 3 is 2.56 bits per heavy atom. The summed E-state index contributed by atoms with van der Waals surface area (Å²) in [4.78, 5) is 25.6. The van der Waals surface area contributed by atoms with Crippen LogP contribution < -0.4 is 15.4 Å². The molecule has 0 aliphatic carbocycles. The van der Waals surface area contributed by atoms with Gasteiger partial charge in [0.2, 0.25) is 11.8 Å². The fraction of sp³-hybridized carbons (Fsp3) is 0.333. The molecule has 2 aromatic carbocycles. The van der Waals surface area contributed by atoms with Gasteiger partial charge in [-0.05, 0) is 43.2 Å². The number of amides is 2. The Labute approximate surface area is 163 Å². The average molecular weight is 385 g/mol. The molecule has 3 atom stereocenters. The number of thioether (sulfide) groups is 1. The molecular formula is C21H24N2O3S. The van der Waals surface area contributed by atoms with Crippen LogP contribution in [0.4, 0.5) is 0 Å². The van der Waals surface area contributed by atoms with Crippen molar-refractivity contribution in [2.45, 2.75) is 42.0 Å². The summed E-state index contributed by atoms with van der Waals surface area (Å²) in [5.74, 6) is 0.785. The van der Waals surface area contributed by atoms with E-state index >= 15 is 0 Å². The van der Waals surface area contributed by atoms with Crippen LogP contribution in [0.15, 0.2) is 59.5 Å². The SMILES string of the molecule is COc1ccc(S[C@H](C)C(=O)N[C@@H]2CCC(=O)N[C@@H]2c2ccccc2)cc1. The molecule has 0 saturated carbocycles. The highest BCUT2D eigenvalue weighted by molar-refractivity contribution is 8.00. The summed E-state index contributed by atoms with van der Waals surface area (Å²) in [5, 5.41) is 5.90. The summed E-state index contributed by atoms with van der Waals surface area (Å²) in [6, 6.07) is 17.1. The predicted molar refractivity (Wildman–Crippen MR) is 107 cm³/mol. The molecule has 6 heteroatoms. The third-order valence-corrected chi connectivity index (χ3v) is 5.74. The van der Waals surface area contributed by atoms with Gasteiger partial charge in [0, 0.05) is 11.3 Å². The Kier molecular flexibility index (Phi) is 6.40. The van der Waals surface area contributed by atoms with Crippen LogP contribution in [0, 0.1) is 0 Å². The molecule has 1 aliphatic heterocycles. The van der Waals surface area contributed by atoms with E-state index in [-0.39, 0.29) is 29.1 Å². The molecule has 0 unspecified atom stereocenters. The Bertz CT molecular complexity index is 780. The van der Waals surface area contributed by atoms with Crippen molar-refractivity contribution in [3.63, 3.8) is 0 Å². The van der Waals surface area contributed by atoms with Crippen LogP contribution >= 0.6 is 11.8 Å². The predicted octanol–water partition coefficient (Wildman–Crippen LogP) is 3.31. The first-order valence-electron chi connectivity index (χ1n) is 9.02. The van der Waals surface area contributed by atoms with Gasteiger partial charge in [-0.1, -0.05) is 30.3 Å². The number of carbonyl (C=O) groups excluding carboxylic acids is 2. The van der Waals surface area contributed by atoms with Gasteiger partial charge in [-0.3, -0.25) is 9.59 Å². The largest absolute Gasteiger partial charge is 0.497 e. The molecule has 5 nitrogen and oxygen atoms in total. The molecule has 2 aromatic rings. The van der Waals surface area contributed by atoms with Crippen molar-refractivity contribution in [1.29, 1.82) is 0 Å². The third kappa shape index (κ3) is 5.04. The Morgan fingerprint density at radius 2 is 1.89 bits per heavy atom. The smallest absolute Gasteiger partial charge is 0.233 e. The van der Waals surface area contributed by atoms with E-state index in [9.17, 15) is 9.59 Å². The van der Waals surface area contributed by atoms with Gasteiger partial charge in [0.15, 0.2) is 0 Å². The molecule has 0 radical (unpaired) electrons. The molecule has 1 heterocycles. The van der Waals surface area contributed by atoms with Gasteiger partial charge >= 0.3 is 0 Å². The van der Waals surface area contributed by atoms with E-state index < -0.39 is 0 Å². The van der Waals surface area contributed by atoms with Crippen LogP contribution in [0.3, 0.4) is 0 Å². The summed E-state index contributed by atoms with van der Waals surface area (Å²) >= 11 is 1.50. The molecule has 142 valence electrons. The molecule has 27 heavy (non-hydrogen) atoms. The lowest BCUT2D eigenvalue weighted by atomic mass is 9.92. The Hall–Kier alpha value is -2.47. The monoisotopic (exact) mass is 384 g/mol. The van der Waals surface area contributed by atoms with E-state index in [1.807, 2.05) is 61.5 Å². The van der Waals surface area contributed by atoms with E-state index in [1.165, 1.54) is 11.8 Å². The second kappa shape index (κ2) is 8.95. The first-order valence-corrected chi connectivity index (χ1v) is 9.90. The molecule has 3 rings (SSSR count). The zero-order valence-corrected chi connectivity index (χ0v) is 16.3. The van der Waals surface area contributed by atoms with Gasteiger partial charge < -0.3 is 15.4 Å². The van der Waals surface area contributed by atoms with Crippen molar-refractivity contribution in [1.82, 2.24) is 10.6 Å². The van der Waals surface area contributed by atoms with Crippen LogP contribution in [0.1, 0.15) is 31.4 Å². The van der Waals surface area contributed by atoms with Crippen molar-refractivity contribution < 1.29 is 14.3 Å². The van der Waals surface area contributed by atoms with Crippen molar-refractivity contribution in [2.24, 2.45) is 0 Å². The summed E-state index contributed by atoms with van der Waals surface area (Å²) in [5.41, 5.74) is 1.01. The first-order chi connectivity index (χ1) is 13.1. The Balaban J connectivity index is 1.64. The van der Waals surface area contributed by atoms with E-state index in [2.05, 4.69) is 10.6 Å². The van der Waals surface area contributed by atoms with Crippen molar-refractivity contribution in [3.8, 4) is 5.75 Å². The van der Waals surface area contributed by atoms with Crippen LogP contribution in [-0.4, -0.2) is 30.2 Å². The number of piperidine rings is 1. The second-order valence-electron chi connectivity index (χ2n) is 6.55. The fourth-order valence-corrected chi connectivity index (χ4v) is 4.02. The summed E-state index contributed by atoms with van der Waals surface area (Å²) < 4.78 is 5.16. The molecule has 0 aromatic heterocycles. The minimum atomic E-state index is -0.243. The lowest BCUT2D eigenvalue weighted by molar-refractivity contribution is -0.126. The second-order valence-corrected chi connectivity index (χ2v) is 7.96. The van der Waals surface area contributed by atoms with Crippen LogP contribution in [-0.2, 0) is 9.59 Å². The van der Waals surface area contributed by atoms with Crippen LogP contribution in [0.25, 0.3) is 0 Å². The molecule has 2 N–H and O–H groups in total. The summed E-state index contributed by atoms with van der Waals surface area (Å²) in [7, 11) is 1.63. The van der Waals surface area contributed by atoms with Gasteiger partial charge in [-0.15, -0.1) is 11.8 Å². The highest BCUT2D eigenvalue weighted by Crippen LogP contribution is 2.27. The van der Waals surface area contributed by atoms with Gasteiger partial charge in [-0.2, -0.15) is 0 Å². The molecule has 2 amide bonds. The van der Waals surface area contributed by atoms with Gasteiger partial charge in [-0.25, -0.2) is 0 Å². The highest BCUT2D eigenvalue weighted by atomic mass is 32.2. The topological polar surface area (TPSA) is 67.4 Å². The lowest BCUT2D eigenvalue weighted by Gasteiger charge is -2.33. The van der Waals surface area contributed by atoms with E-state index in [1.54, 1.807) is 7.11 Å². The minimum absolute atomic E-state index is 0.0232. The third-order valence-electron chi connectivity index (χ3n) is 4.63. The molecule has 0 spiro atoms. The van der Waals surface area contributed by atoms with E-state index in [4.69, 9.17) is 4.74 Å². The number of nitrogens with one attached hydrogen (secondary N) is 2. The number of methoxy groups -OCH3 is 1. The van der Waals surface area contributed by atoms with Gasteiger partial charge in [0.05, 0.1) is 24.4 Å². The summed E-state index contributed by atoms with van der Waals surface area (Å²) in [6.45, 7) is 1.89. The molecule has 0 bridgehead atoms. The number of hydrogen-bond donors (Lipinski definition) is 2. The molecular weight excluding hydrogens is 360 g/mol. The van der Waals surface area contributed by atoms with Crippen molar-refractivity contribution in [2.75, 3.05) is 7.11 Å². The number of hydrogen-bond acceptors (Lipinski definition) is 4. The fourth-order valence-electron chi connectivity index (χ4n) is 3.14. The molecule has 1 aliphatic rings. The average Bonchev–Trinajstić information content (AvgIpc) is 2.70. The summed E-state index contributed by atoms with van der Waals surface area (Å²) in [6.07, 6.45) is 1.06. The standard InChI is InChI=1S/C21H24N2O3S/c1-14(27-17-10-8-16(26-2)9-11-17)21(25)22-18-12-13-19(24)23-20(18)15-6-4-3-5-7-15/h3-11,14,18,20H,12-13H2,1-2H3,(H,22,25)(H,23,24)/t14-,18-,20-/m1/s1. The zero-order valence-electron chi connectivity index (χ0n) is 15.5. The first kappa shape index (κ1) is 19.3. The maximum atomic E-state index is 12.7. The maximum absolute atomic E-state index is 12.7. The lowest BCUT2D eigenvalue weighted by Crippen LogP contribution is -2.51. The van der Waals surface area contributed by atoms with E-state index in [0.717, 1.165) is 16.2 Å².